The Kier molecular flexibility index (Phi) is 4.27. The van der Waals surface area contributed by atoms with Crippen molar-refractivity contribution in [2.24, 2.45) is 0 Å². The van der Waals surface area contributed by atoms with Gasteiger partial charge in [-0.05, 0) is 43.4 Å². The van der Waals surface area contributed by atoms with Crippen LogP contribution in [-0.2, 0) is 13.0 Å². The zero-order valence-electron chi connectivity index (χ0n) is 13.9. The van der Waals surface area contributed by atoms with Crippen molar-refractivity contribution < 1.29 is 4.79 Å². The smallest absolute Gasteiger partial charge is 0.269 e. The Balaban J connectivity index is 1.61. The number of aromatic nitrogens is 5. The summed E-state index contributed by atoms with van der Waals surface area (Å²) in [5.74, 6) is 1.72. The number of aryl methyl sites for hydroxylation is 2. The molecule has 1 aliphatic rings. The first-order valence-electron chi connectivity index (χ1n) is 8.35. The van der Waals surface area contributed by atoms with Gasteiger partial charge >= 0.3 is 0 Å². The van der Waals surface area contributed by atoms with Crippen LogP contribution in [0, 0.1) is 6.92 Å². The van der Waals surface area contributed by atoms with Crippen molar-refractivity contribution in [3.05, 3.63) is 40.7 Å². The first-order chi connectivity index (χ1) is 12.2. The molecule has 0 unspecified atom stereocenters. The number of hydrogen-bond acceptors (Lipinski definition) is 6. The maximum Gasteiger partial charge on any atom is 0.269 e. The monoisotopic (exact) mass is 354 g/mol. The maximum absolute atomic E-state index is 12.4. The van der Waals surface area contributed by atoms with Crippen LogP contribution in [0.15, 0.2) is 24.3 Å². The number of carbonyl (C=O) groups is 1. The van der Waals surface area contributed by atoms with Crippen LogP contribution in [0.1, 0.15) is 40.5 Å². The van der Waals surface area contributed by atoms with E-state index in [1.165, 1.54) is 6.42 Å². The van der Waals surface area contributed by atoms with Gasteiger partial charge in [0.15, 0.2) is 5.82 Å². The van der Waals surface area contributed by atoms with Crippen LogP contribution in [0.3, 0.4) is 0 Å². The summed E-state index contributed by atoms with van der Waals surface area (Å²) in [6, 6.07) is 7.72. The lowest BCUT2D eigenvalue weighted by Crippen LogP contribution is -2.11. The molecule has 0 aliphatic carbocycles. The van der Waals surface area contributed by atoms with Crippen LogP contribution >= 0.6 is 11.5 Å². The van der Waals surface area contributed by atoms with Crippen LogP contribution in [0.4, 0.5) is 5.69 Å². The van der Waals surface area contributed by atoms with Gasteiger partial charge in [0.1, 0.15) is 10.7 Å². The number of hydrogen-bond donors (Lipinski definition) is 1. The lowest BCUT2D eigenvalue weighted by molar-refractivity contribution is 0.103. The van der Waals surface area contributed by atoms with Crippen molar-refractivity contribution in [3.8, 4) is 11.4 Å². The van der Waals surface area contributed by atoms with E-state index < -0.39 is 0 Å². The highest BCUT2D eigenvalue weighted by Crippen LogP contribution is 2.25. The van der Waals surface area contributed by atoms with Gasteiger partial charge in [-0.15, -0.1) is 15.3 Å². The topological polar surface area (TPSA) is 85.6 Å². The summed E-state index contributed by atoms with van der Waals surface area (Å²) in [5, 5.41) is 15.5. The molecule has 128 valence electrons. The van der Waals surface area contributed by atoms with E-state index in [9.17, 15) is 4.79 Å². The van der Waals surface area contributed by atoms with E-state index in [0.29, 0.717) is 10.6 Å². The number of nitrogens with zero attached hydrogens (tertiary/aromatic N) is 5. The molecule has 4 rings (SSSR count). The molecule has 25 heavy (non-hydrogen) atoms. The van der Waals surface area contributed by atoms with Gasteiger partial charge in [0.25, 0.3) is 5.91 Å². The molecule has 2 aromatic heterocycles. The van der Waals surface area contributed by atoms with Crippen molar-refractivity contribution in [3.63, 3.8) is 0 Å². The number of anilines is 1. The lowest BCUT2D eigenvalue weighted by Gasteiger charge is -2.09. The van der Waals surface area contributed by atoms with Crippen LogP contribution in [0.2, 0.25) is 0 Å². The predicted octanol–water partition coefficient (Wildman–Crippen LogP) is 3.08. The molecule has 0 bridgehead atoms. The molecule has 0 saturated carbocycles. The molecular formula is C17H18N6OS. The molecule has 3 aromatic rings. The average molecular weight is 354 g/mol. The molecule has 1 aromatic carbocycles. The fourth-order valence-electron chi connectivity index (χ4n) is 3.06. The van der Waals surface area contributed by atoms with Gasteiger partial charge in [0.2, 0.25) is 0 Å². The molecule has 0 spiro atoms. The van der Waals surface area contributed by atoms with Gasteiger partial charge in [-0.2, -0.15) is 0 Å². The zero-order valence-corrected chi connectivity index (χ0v) is 14.7. The zero-order chi connectivity index (χ0) is 17.2. The van der Waals surface area contributed by atoms with E-state index in [1.54, 1.807) is 6.92 Å². The van der Waals surface area contributed by atoms with Gasteiger partial charge in [-0.1, -0.05) is 23.0 Å². The van der Waals surface area contributed by atoms with Crippen LogP contribution in [0.5, 0.6) is 0 Å². The van der Waals surface area contributed by atoms with Gasteiger partial charge < -0.3 is 9.88 Å². The third-order valence-electron chi connectivity index (χ3n) is 4.35. The summed E-state index contributed by atoms with van der Waals surface area (Å²) in [7, 11) is 0. The van der Waals surface area contributed by atoms with Gasteiger partial charge in [-0.3, -0.25) is 4.79 Å². The van der Waals surface area contributed by atoms with E-state index in [-0.39, 0.29) is 5.91 Å². The number of rotatable bonds is 3. The predicted molar refractivity (Wildman–Crippen MR) is 95.6 cm³/mol. The minimum atomic E-state index is -0.190. The number of benzene rings is 1. The fraction of sp³-hybridized carbons (Fsp3) is 0.353. The van der Waals surface area contributed by atoms with Crippen molar-refractivity contribution in [1.82, 2.24) is 24.4 Å². The first-order valence-corrected chi connectivity index (χ1v) is 9.12. The lowest BCUT2D eigenvalue weighted by atomic mass is 10.2. The second-order valence-electron chi connectivity index (χ2n) is 6.12. The van der Waals surface area contributed by atoms with E-state index in [4.69, 9.17) is 0 Å². The van der Waals surface area contributed by atoms with Gasteiger partial charge in [0.05, 0.1) is 5.69 Å². The van der Waals surface area contributed by atoms with E-state index in [2.05, 4.69) is 29.7 Å². The molecule has 0 saturated heterocycles. The summed E-state index contributed by atoms with van der Waals surface area (Å²) >= 11 is 1.10. The SMILES string of the molecule is Cc1nnsc1C(=O)Nc1cccc(-c2nnc3n2CCCCC3)c1. The van der Waals surface area contributed by atoms with Crippen LogP contribution in [0.25, 0.3) is 11.4 Å². The Morgan fingerprint density at radius 1 is 1.20 bits per heavy atom. The Bertz CT molecular complexity index is 916. The summed E-state index contributed by atoms with van der Waals surface area (Å²) in [6.07, 6.45) is 4.50. The molecule has 7 nitrogen and oxygen atoms in total. The normalized spacial score (nSPS) is 14.0. The highest BCUT2D eigenvalue weighted by molar-refractivity contribution is 7.08. The standard InChI is InChI=1S/C17H18N6OS/c1-11-15(25-22-19-11)17(24)18-13-7-5-6-12(10-13)16-21-20-14-8-3-2-4-9-23(14)16/h5-7,10H,2-4,8-9H2,1H3,(H,18,24). The quantitative estimate of drug-likeness (QED) is 0.781. The van der Waals surface area contributed by atoms with Crippen LogP contribution < -0.4 is 5.32 Å². The average Bonchev–Trinajstić information content (AvgIpc) is 3.15. The highest BCUT2D eigenvalue weighted by atomic mass is 32.1. The Morgan fingerprint density at radius 2 is 2.12 bits per heavy atom. The minimum Gasteiger partial charge on any atom is -0.321 e. The van der Waals surface area contributed by atoms with Gasteiger partial charge in [-0.25, -0.2) is 0 Å². The fourth-order valence-corrected chi connectivity index (χ4v) is 3.61. The molecule has 0 atom stereocenters. The largest absolute Gasteiger partial charge is 0.321 e. The molecule has 1 aliphatic heterocycles. The minimum absolute atomic E-state index is 0.190. The Hall–Kier alpha value is -2.61. The number of fused-ring (bicyclic) bond motifs is 1. The van der Waals surface area contributed by atoms with Crippen molar-refractivity contribution in [1.29, 1.82) is 0 Å². The molecule has 8 heteroatoms. The number of carbonyl (C=O) groups excluding carboxylic acids is 1. The number of nitrogens with one attached hydrogen (secondary N) is 1. The Morgan fingerprint density at radius 3 is 2.96 bits per heavy atom. The summed E-state index contributed by atoms with van der Waals surface area (Å²) < 4.78 is 6.01. The molecule has 3 heterocycles. The van der Waals surface area contributed by atoms with E-state index in [1.807, 2.05) is 24.3 Å². The molecular weight excluding hydrogens is 336 g/mol. The summed E-state index contributed by atoms with van der Waals surface area (Å²) in [4.78, 5) is 12.9. The highest BCUT2D eigenvalue weighted by Gasteiger charge is 2.17. The molecule has 0 radical (unpaired) electrons. The number of amides is 1. The summed E-state index contributed by atoms with van der Waals surface area (Å²) in [5.41, 5.74) is 2.32. The third kappa shape index (κ3) is 3.17. The molecule has 1 N–H and O–H groups in total. The van der Waals surface area contributed by atoms with Crippen molar-refractivity contribution in [2.75, 3.05) is 5.32 Å². The van der Waals surface area contributed by atoms with E-state index in [0.717, 1.165) is 60.2 Å². The first kappa shape index (κ1) is 15.9. The second-order valence-corrected chi connectivity index (χ2v) is 6.88. The van der Waals surface area contributed by atoms with Crippen molar-refractivity contribution in [2.45, 2.75) is 39.2 Å². The van der Waals surface area contributed by atoms with Gasteiger partial charge in [0, 0.05) is 24.2 Å². The molecule has 1 amide bonds. The summed E-state index contributed by atoms with van der Waals surface area (Å²) in [6.45, 7) is 2.72. The molecule has 0 fully saturated rings. The maximum atomic E-state index is 12.4. The third-order valence-corrected chi connectivity index (χ3v) is 5.17. The second kappa shape index (κ2) is 6.72. The Labute approximate surface area is 149 Å². The van der Waals surface area contributed by atoms with Crippen LogP contribution in [-0.4, -0.2) is 30.3 Å². The van der Waals surface area contributed by atoms with E-state index >= 15 is 0 Å². The van der Waals surface area contributed by atoms with Crippen molar-refractivity contribution >= 4 is 23.1 Å².